The zero-order valence-corrected chi connectivity index (χ0v) is 21.0. The van der Waals surface area contributed by atoms with E-state index in [0.717, 1.165) is 37.3 Å². The van der Waals surface area contributed by atoms with Crippen LogP contribution < -0.4 is 15.0 Å². The molecule has 2 saturated carbocycles. The molecule has 3 aliphatic rings. The number of nitrogens with zero attached hydrogens (tertiary/aromatic N) is 2. The quantitative estimate of drug-likeness (QED) is 0.544. The minimum atomic E-state index is -2.51. The molecule has 3 unspecified atom stereocenters. The van der Waals surface area contributed by atoms with Crippen molar-refractivity contribution in [3.05, 3.63) is 53.7 Å². The number of aryl methyl sites for hydroxylation is 1. The van der Waals surface area contributed by atoms with Gasteiger partial charge in [0.2, 0.25) is 5.91 Å². The van der Waals surface area contributed by atoms with Crippen LogP contribution in [0.25, 0.3) is 0 Å². The normalized spacial score (nSPS) is 23.5. The Morgan fingerprint density at radius 2 is 1.91 bits per heavy atom. The Hall–Kier alpha value is -2.70. The van der Waals surface area contributed by atoms with Gasteiger partial charge in [-0.3, -0.25) is 4.79 Å². The van der Waals surface area contributed by atoms with E-state index >= 15 is 0 Å². The summed E-state index contributed by atoms with van der Waals surface area (Å²) in [5.41, 5.74) is 2.33. The maximum atomic E-state index is 12.7. The highest BCUT2D eigenvalue weighted by Gasteiger charge is 2.57. The van der Waals surface area contributed by atoms with Crippen LogP contribution in [-0.4, -0.2) is 42.6 Å². The van der Waals surface area contributed by atoms with Crippen molar-refractivity contribution >= 4 is 11.7 Å². The number of halogens is 2. The molecular weight excluding hydrogens is 448 g/mol. The molecule has 1 saturated heterocycles. The van der Waals surface area contributed by atoms with Gasteiger partial charge in [0.1, 0.15) is 11.6 Å². The van der Waals surface area contributed by atoms with Crippen LogP contribution in [-0.2, 0) is 4.79 Å². The third-order valence-corrected chi connectivity index (χ3v) is 7.30. The zero-order chi connectivity index (χ0) is 25.0. The van der Waals surface area contributed by atoms with Gasteiger partial charge < -0.3 is 15.0 Å². The Morgan fingerprint density at radius 1 is 1.20 bits per heavy atom. The van der Waals surface area contributed by atoms with E-state index in [1.807, 2.05) is 31.2 Å². The van der Waals surface area contributed by atoms with E-state index in [4.69, 9.17) is 4.74 Å². The Bertz CT molecular complexity index is 977. The van der Waals surface area contributed by atoms with Crippen LogP contribution in [0.2, 0.25) is 0 Å². The number of carbonyl (C=O) groups is 1. The number of hydrogen-bond acceptors (Lipinski definition) is 4. The largest absolute Gasteiger partial charge is 0.491 e. The topological polar surface area (TPSA) is 54.5 Å². The van der Waals surface area contributed by atoms with Crippen molar-refractivity contribution in [2.75, 3.05) is 24.6 Å². The lowest BCUT2D eigenvalue weighted by atomic mass is 9.91. The molecule has 35 heavy (non-hydrogen) atoms. The first-order valence-corrected chi connectivity index (χ1v) is 12.8. The Balaban J connectivity index is 0.000000168. The summed E-state index contributed by atoms with van der Waals surface area (Å²) in [6.45, 7) is 8.40. The average Bonchev–Trinajstić information content (AvgIpc) is 3.20. The molecule has 1 aromatic carbocycles. The van der Waals surface area contributed by atoms with Gasteiger partial charge >= 0.3 is 0 Å². The van der Waals surface area contributed by atoms with Crippen molar-refractivity contribution in [2.24, 2.45) is 11.8 Å². The van der Waals surface area contributed by atoms with Crippen molar-refractivity contribution in [1.29, 1.82) is 0 Å². The predicted molar refractivity (Wildman–Crippen MR) is 134 cm³/mol. The van der Waals surface area contributed by atoms with Gasteiger partial charge in [0, 0.05) is 25.6 Å². The van der Waals surface area contributed by atoms with Gasteiger partial charge in [0.15, 0.2) is 0 Å². The van der Waals surface area contributed by atoms with Gasteiger partial charge in [-0.05, 0) is 63.1 Å². The number of amides is 1. The summed E-state index contributed by atoms with van der Waals surface area (Å²) in [4.78, 5) is 18.5. The summed E-state index contributed by atoms with van der Waals surface area (Å²) in [5.74, 6) is -0.803. The fourth-order valence-corrected chi connectivity index (χ4v) is 4.32. The summed E-state index contributed by atoms with van der Waals surface area (Å²) in [6, 6.07) is 12.3. The van der Waals surface area contributed by atoms with E-state index in [1.54, 1.807) is 6.20 Å². The monoisotopic (exact) mass is 485 g/mol. The third-order valence-electron chi connectivity index (χ3n) is 7.30. The molecule has 3 atom stereocenters. The molecule has 7 heteroatoms. The first-order valence-electron chi connectivity index (χ1n) is 12.8. The van der Waals surface area contributed by atoms with Crippen molar-refractivity contribution in [3.8, 4) is 5.75 Å². The Morgan fingerprint density at radius 3 is 2.43 bits per heavy atom. The summed E-state index contributed by atoms with van der Waals surface area (Å²) in [5, 5.41) is 3.09. The van der Waals surface area contributed by atoms with Crippen LogP contribution in [0, 0.1) is 18.8 Å². The van der Waals surface area contributed by atoms with Gasteiger partial charge in [-0.2, -0.15) is 0 Å². The number of benzene rings is 1. The van der Waals surface area contributed by atoms with Crippen LogP contribution in [0.15, 0.2) is 42.6 Å². The van der Waals surface area contributed by atoms with Crippen molar-refractivity contribution in [1.82, 2.24) is 10.3 Å². The number of ether oxygens (including phenoxy) is 1. The lowest BCUT2D eigenvalue weighted by molar-refractivity contribution is -0.123. The molecule has 2 aliphatic carbocycles. The van der Waals surface area contributed by atoms with Crippen LogP contribution in [0.4, 0.5) is 14.6 Å². The number of aromatic nitrogens is 1. The van der Waals surface area contributed by atoms with Crippen molar-refractivity contribution in [2.45, 2.75) is 70.8 Å². The Kier molecular flexibility index (Phi) is 7.92. The molecule has 0 radical (unpaired) electrons. The van der Waals surface area contributed by atoms with Crippen LogP contribution in [0.3, 0.4) is 0 Å². The molecule has 2 heterocycles. The first kappa shape index (κ1) is 25.4. The molecule has 190 valence electrons. The molecule has 1 aliphatic heterocycles. The van der Waals surface area contributed by atoms with Gasteiger partial charge in [-0.1, -0.05) is 36.8 Å². The van der Waals surface area contributed by atoms with E-state index in [9.17, 15) is 13.6 Å². The summed E-state index contributed by atoms with van der Waals surface area (Å²) < 4.78 is 30.7. The van der Waals surface area contributed by atoms with E-state index < -0.39 is 11.8 Å². The van der Waals surface area contributed by atoms with E-state index in [2.05, 4.69) is 41.2 Å². The second-order valence-electron chi connectivity index (χ2n) is 10.4. The first-order chi connectivity index (χ1) is 16.7. The summed E-state index contributed by atoms with van der Waals surface area (Å²) in [7, 11) is 0. The molecule has 1 amide bonds. The SMILES string of the molecule is CC1CCN(c2ccc(OCC3CC3(F)F)cn2)C1.Cc1ccc(C(C)C(=O)NC2CCC2)cc1. The lowest BCUT2D eigenvalue weighted by Gasteiger charge is -2.27. The molecule has 0 bridgehead atoms. The number of rotatable bonds is 7. The van der Waals surface area contributed by atoms with Gasteiger partial charge in [-0.15, -0.1) is 0 Å². The zero-order valence-electron chi connectivity index (χ0n) is 21.0. The number of hydrogen-bond donors (Lipinski definition) is 1. The highest BCUT2D eigenvalue weighted by Crippen LogP contribution is 2.48. The number of pyridine rings is 1. The highest BCUT2D eigenvalue weighted by atomic mass is 19.3. The van der Waals surface area contributed by atoms with Gasteiger partial charge in [-0.25, -0.2) is 13.8 Å². The summed E-state index contributed by atoms with van der Waals surface area (Å²) >= 11 is 0. The second-order valence-corrected chi connectivity index (χ2v) is 10.4. The minimum absolute atomic E-state index is 0.0406. The molecule has 5 rings (SSSR count). The highest BCUT2D eigenvalue weighted by molar-refractivity contribution is 5.83. The van der Waals surface area contributed by atoms with Gasteiger partial charge in [0.25, 0.3) is 5.92 Å². The second kappa shape index (κ2) is 10.9. The van der Waals surface area contributed by atoms with E-state index in [1.165, 1.54) is 18.4 Å². The number of anilines is 1. The van der Waals surface area contributed by atoms with Gasteiger partial charge in [0.05, 0.1) is 24.6 Å². The smallest absolute Gasteiger partial charge is 0.255 e. The molecular formula is C28H37F2N3O2. The molecule has 1 aromatic heterocycles. The fraction of sp³-hybridized carbons (Fsp3) is 0.571. The Labute approximate surface area is 207 Å². The maximum Gasteiger partial charge on any atom is 0.255 e. The van der Waals surface area contributed by atoms with Crippen LogP contribution >= 0.6 is 0 Å². The molecule has 0 spiro atoms. The minimum Gasteiger partial charge on any atom is -0.491 e. The van der Waals surface area contributed by atoms with E-state index in [0.29, 0.717) is 17.7 Å². The van der Waals surface area contributed by atoms with Crippen molar-refractivity contribution in [3.63, 3.8) is 0 Å². The average molecular weight is 486 g/mol. The van der Waals surface area contributed by atoms with Crippen LogP contribution in [0.1, 0.15) is 63.0 Å². The number of nitrogens with one attached hydrogen (secondary N) is 1. The number of alkyl halides is 2. The predicted octanol–water partition coefficient (Wildman–Crippen LogP) is 5.73. The maximum absolute atomic E-state index is 12.7. The fourth-order valence-electron chi connectivity index (χ4n) is 4.32. The molecule has 2 aromatic rings. The molecule has 3 fully saturated rings. The molecule has 1 N–H and O–H groups in total. The van der Waals surface area contributed by atoms with E-state index in [-0.39, 0.29) is 24.9 Å². The number of carbonyl (C=O) groups excluding carboxylic acids is 1. The molecule has 5 nitrogen and oxygen atoms in total. The summed E-state index contributed by atoms with van der Waals surface area (Å²) in [6.07, 6.45) is 6.31. The van der Waals surface area contributed by atoms with Crippen molar-refractivity contribution < 1.29 is 18.3 Å². The van der Waals surface area contributed by atoms with Crippen LogP contribution in [0.5, 0.6) is 5.75 Å². The third kappa shape index (κ3) is 6.92. The standard InChI is InChI=1S/C14H18F2N2O.C14H19NO/c1-10-4-5-18(8-10)13-3-2-12(7-17-13)19-9-11-6-14(11,15)16;1-10-6-8-12(9-7-10)11(2)14(16)15-13-4-3-5-13/h2-3,7,10-11H,4-6,8-9H2,1H3;6-9,11,13H,3-5H2,1-2H3,(H,15,16). The lowest BCUT2D eigenvalue weighted by Crippen LogP contribution is -2.41.